The molecule has 11 rings (SSSR count). The Balaban J connectivity index is 0.000000193. The van der Waals surface area contributed by atoms with E-state index in [4.69, 9.17) is 35.1 Å². The van der Waals surface area contributed by atoms with Crippen molar-refractivity contribution >= 4 is 50.6 Å². The highest BCUT2D eigenvalue weighted by atomic mass is 32.2. The average molecular weight is 1600 g/mol. The van der Waals surface area contributed by atoms with Crippen molar-refractivity contribution in [3.05, 3.63) is 280 Å². The zero-order chi connectivity index (χ0) is 80.8. The molecule has 0 saturated heterocycles. The number of hydrogen-bond acceptors (Lipinski definition) is 19. The van der Waals surface area contributed by atoms with Crippen LogP contribution >= 0.6 is 0 Å². The van der Waals surface area contributed by atoms with Crippen LogP contribution in [0.1, 0.15) is 72.2 Å². The third kappa shape index (κ3) is 24.5. The summed E-state index contributed by atoms with van der Waals surface area (Å²) in [6, 6.07) is 64.6. The molecule has 0 fully saturated rings. The van der Waals surface area contributed by atoms with Crippen LogP contribution in [0.5, 0.6) is 51.7 Å². The van der Waals surface area contributed by atoms with Crippen LogP contribution in [0.25, 0.3) is 66.8 Å². The number of allylic oxidation sites excluding steroid dienone is 1. The summed E-state index contributed by atoms with van der Waals surface area (Å²) < 4.78 is 176. The van der Waals surface area contributed by atoms with Crippen LogP contribution in [0.4, 0.5) is 4.39 Å². The van der Waals surface area contributed by atoms with Gasteiger partial charge in [0.2, 0.25) is 0 Å². The van der Waals surface area contributed by atoms with Gasteiger partial charge in [-0.15, -0.1) is 0 Å². The second kappa shape index (κ2) is 36.3. The number of benzene rings is 11. The molecule has 0 aromatic heterocycles. The number of hydrogen-bond donors (Lipinski definition) is 1. The van der Waals surface area contributed by atoms with Crippen LogP contribution in [0.15, 0.2) is 230 Å². The monoisotopic (exact) mass is 1600 g/mol. The molecule has 582 valence electrons. The van der Waals surface area contributed by atoms with Crippen LogP contribution in [0, 0.1) is 33.5 Å². The number of halogens is 1. The van der Waals surface area contributed by atoms with Gasteiger partial charge in [0.15, 0.2) is 40.3 Å². The van der Waals surface area contributed by atoms with Gasteiger partial charge < -0.3 is 40.2 Å². The van der Waals surface area contributed by atoms with Gasteiger partial charge >= 0.3 is 50.6 Å². The fourth-order valence-electron chi connectivity index (χ4n) is 12.0. The third-order valence-corrected chi connectivity index (χ3v) is 19.5. The summed E-state index contributed by atoms with van der Waals surface area (Å²) in [4.78, 5) is 0. The summed E-state index contributed by atoms with van der Waals surface area (Å²) in [6.45, 7) is 16.3. The molecule has 0 saturated carbocycles. The van der Waals surface area contributed by atoms with E-state index in [-0.39, 0.29) is 59.2 Å². The minimum Gasteiger partial charge on any atom is -0.508 e. The molecule has 25 heteroatoms. The number of aryl methyl sites for hydroxylation is 5. The lowest BCUT2D eigenvalue weighted by Crippen LogP contribution is -2.10. The molecular formula is C86H87FO19S5. The molecule has 11 aromatic carbocycles. The Morgan fingerprint density at radius 1 is 0.369 bits per heavy atom. The van der Waals surface area contributed by atoms with Crippen LogP contribution in [0.3, 0.4) is 0 Å². The van der Waals surface area contributed by atoms with Gasteiger partial charge in [0.05, 0.1) is 31.3 Å². The summed E-state index contributed by atoms with van der Waals surface area (Å²) in [6.07, 6.45) is 8.30. The van der Waals surface area contributed by atoms with E-state index in [0.717, 1.165) is 133 Å². The van der Waals surface area contributed by atoms with Gasteiger partial charge in [0.1, 0.15) is 37.1 Å². The van der Waals surface area contributed by atoms with Gasteiger partial charge in [-0.3, -0.25) is 0 Å². The molecule has 0 aliphatic carbocycles. The molecule has 0 bridgehead atoms. The smallest absolute Gasteiger partial charge is 0.306 e. The van der Waals surface area contributed by atoms with E-state index in [1.54, 1.807) is 80.6 Å². The van der Waals surface area contributed by atoms with Crippen LogP contribution in [-0.2, 0) is 76.6 Å². The van der Waals surface area contributed by atoms with E-state index < -0.39 is 56.4 Å². The molecule has 111 heavy (non-hydrogen) atoms. The van der Waals surface area contributed by atoms with E-state index in [1.807, 2.05) is 149 Å². The predicted octanol–water partition coefficient (Wildman–Crippen LogP) is 18.5. The topological polar surface area (TPSA) is 265 Å². The van der Waals surface area contributed by atoms with Crippen molar-refractivity contribution in [1.82, 2.24) is 0 Å². The molecule has 19 nitrogen and oxygen atoms in total. The van der Waals surface area contributed by atoms with Gasteiger partial charge in [0.25, 0.3) is 0 Å². The Hall–Kier alpha value is -11.0. The number of aromatic hydroxyl groups is 1. The first-order chi connectivity index (χ1) is 52.3. The maximum Gasteiger partial charge on any atom is 0.306 e. The minimum atomic E-state index is -3.93. The van der Waals surface area contributed by atoms with Gasteiger partial charge in [-0.1, -0.05) is 165 Å². The highest BCUT2D eigenvalue weighted by Gasteiger charge is 2.25. The SMILES string of the molecule is CC(C)=CCOc1ccc(-c2cc(C)c(-c3ccc(OS(C)(=O)=O)cc3)cc2C)cc1F.CCc1cc(-c2ccc(OCc3ccccc3)c(OS(C)(=O)=O)c2)c(CC)cc1-c1ccc(OS(C)(=O)=O)cc1.Cc1cc(-c2ccc(O)cc2)c(C)c(OS(C)(=O)=O)c1-c1ccc(OCc2ccccc2)c(OS(C)(=O)=O)c1. The first kappa shape index (κ1) is 84.1. The lowest BCUT2D eigenvalue weighted by molar-refractivity contribution is 0.296. The minimum absolute atomic E-state index is 0.0455. The molecule has 0 heterocycles. The van der Waals surface area contributed by atoms with Crippen molar-refractivity contribution in [3.63, 3.8) is 0 Å². The molecule has 11 aromatic rings. The van der Waals surface area contributed by atoms with Crippen molar-refractivity contribution in [2.75, 3.05) is 37.9 Å². The van der Waals surface area contributed by atoms with Crippen molar-refractivity contribution in [1.29, 1.82) is 0 Å². The van der Waals surface area contributed by atoms with E-state index in [0.29, 0.717) is 40.2 Å². The van der Waals surface area contributed by atoms with Crippen LogP contribution in [-0.4, -0.2) is 85.1 Å². The van der Waals surface area contributed by atoms with Crippen LogP contribution in [0.2, 0.25) is 0 Å². The summed E-state index contributed by atoms with van der Waals surface area (Å²) in [5.41, 5.74) is 18.1. The Kier molecular flexibility index (Phi) is 27.5. The quantitative estimate of drug-likeness (QED) is 0.0370. The first-order valence-corrected chi connectivity index (χ1v) is 43.9. The second-order valence-electron chi connectivity index (χ2n) is 26.6. The Labute approximate surface area is 651 Å². The largest absolute Gasteiger partial charge is 0.508 e. The zero-order valence-electron chi connectivity index (χ0n) is 63.6. The third-order valence-electron chi connectivity index (χ3n) is 17.0. The van der Waals surface area contributed by atoms with E-state index in [2.05, 4.69) is 26.0 Å². The van der Waals surface area contributed by atoms with Crippen molar-refractivity contribution in [2.45, 2.75) is 81.4 Å². The van der Waals surface area contributed by atoms with Gasteiger partial charge in [-0.25, -0.2) is 4.39 Å². The van der Waals surface area contributed by atoms with Crippen molar-refractivity contribution in [3.8, 4) is 119 Å². The normalized spacial score (nSPS) is 11.5. The first-order valence-electron chi connectivity index (χ1n) is 34.9. The Morgan fingerprint density at radius 2 is 0.739 bits per heavy atom. The standard InChI is InChI=1S/C31H32O7S2.C29H28O8S2.C26H27FO4S/c1-5-23-19-29(24(6-2)18-28(23)25-12-15-27(16-13-25)37-39(3,32)33)26-14-17-30(31(20-26)38-40(4,34)35)36-21-22-10-8-7-9-11-22;1-19-16-25(22-10-13-24(30)14-11-22)20(2)29(37-39(4,33)34)28(19)23-12-15-26(27(17-23)36-38(3,31)32)35-18-21-8-6-5-7-9-21;1-17(2)12-13-30-26-11-8-21(16-25(26)27)24-15-18(3)23(14-19(24)4)20-6-9-22(10-7-20)31-32(5,28)29/h7-20H,5-6,21H2,1-4H3;5-17,30H,18H2,1-4H3;6-12,14-16H,13H2,1-5H3. The zero-order valence-corrected chi connectivity index (χ0v) is 67.7. The number of phenols is 1. The number of rotatable bonds is 27. The summed E-state index contributed by atoms with van der Waals surface area (Å²) in [7, 11) is -18.8. The lowest BCUT2D eigenvalue weighted by Gasteiger charge is -2.20. The molecule has 1 N–H and O–H groups in total. The maximum absolute atomic E-state index is 14.6. The Bertz CT molecular complexity index is 5800. The van der Waals surface area contributed by atoms with Crippen molar-refractivity contribution < 1.29 is 86.7 Å². The highest BCUT2D eigenvalue weighted by molar-refractivity contribution is 7.87. The maximum atomic E-state index is 14.6. The fraction of sp³-hybridized carbons (Fsp3) is 0.209. The molecule has 0 aliphatic rings. The van der Waals surface area contributed by atoms with E-state index >= 15 is 0 Å². The summed E-state index contributed by atoms with van der Waals surface area (Å²) in [5.74, 6) is 1.18. The summed E-state index contributed by atoms with van der Waals surface area (Å²) in [5, 5.41) is 9.69. The van der Waals surface area contributed by atoms with Gasteiger partial charge in [-0.05, 0) is 233 Å². The second-order valence-corrected chi connectivity index (χ2v) is 34.4. The Morgan fingerprint density at radius 3 is 1.17 bits per heavy atom. The molecule has 0 aliphatic heterocycles. The summed E-state index contributed by atoms with van der Waals surface area (Å²) >= 11 is 0. The van der Waals surface area contributed by atoms with Crippen molar-refractivity contribution in [2.24, 2.45) is 0 Å². The molecule has 0 radical (unpaired) electrons. The fourth-order valence-corrected chi connectivity index (χ4v) is 14.4. The molecule has 0 unspecified atom stereocenters. The van der Waals surface area contributed by atoms with Gasteiger partial charge in [0, 0.05) is 11.1 Å². The van der Waals surface area contributed by atoms with Crippen LogP contribution < -0.4 is 35.1 Å². The molecular weight excluding hydrogens is 1520 g/mol. The van der Waals surface area contributed by atoms with Gasteiger partial charge in [-0.2, -0.15) is 42.1 Å². The molecule has 0 atom stereocenters. The highest BCUT2D eigenvalue weighted by Crippen LogP contribution is 2.46. The lowest BCUT2D eigenvalue weighted by atomic mass is 9.89. The predicted molar refractivity (Wildman–Crippen MR) is 435 cm³/mol. The number of phenolic OH excluding ortho intramolecular Hbond substituents is 1. The molecule has 0 amide bonds. The molecule has 0 spiro atoms. The van der Waals surface area contributed by atoms with E-state index in [9.17, 15) is 51.6 Å². The number of ether oxygens (including phenoxy) is 3. The average Bonchev–Trinajstić information content (AvgIpc) is 0.773. The van der Waals surface area contributed by atoms with E-state index in [1.165, 1.54) is 24.3 Å².